The minimum absolute atomic E-state index is 0.0835. The second-order valence-electron chi connectivity index (χ2n) is 7.13. The van der Waals surface area contributed by atoms with Gasteiger partial charge >= 0.3 is 6.03 Å². The Morgan fingerprint density at radius 2 is 2.04 bits per heavy atom. The molecule has 1 aliphatic rings. The van der Waals surface area contributed by atoms with Gasteiger partial charge in [0.25, 0.3) is 0 Å². The number of rotatable bonds is 6. The molecule has 3 amide bonds. The Morgan fingerprint density at radius 1 is 1.32 bits per heavy atom. The minimum Gasteiger partial charge on any atom is -0.496 e. The summed E-state index contributed by atoms with van der Waals surface area (Å²) >= 11 is 0. The molecule has 6 heteroatoms. The van der Waals surface area contributed by atoms with E-state index in [1.807, 2.05) is 43.0 Å². The molecular weight excluding hydrogens is 318 g/mol. The van der Waals surface area contributed by atoms with Crippen LogP contribution in [0.25, 0.3) is 0 Å². The van der Waals surface area contributed by atoms with Crippen molar-refractivity contribution >= 4 is 11.9 Å². The Bertz CT molecular complexity index is 616. The third-order valence-corrected chi connectivity index (χ3v) is 4.81. The minimum atomic E-state index is -0.637. The van der Waals surface area contributed by atoms with Gasteiger partial charge in [0.05, 0.1) is 12.5 Å². The first-order valence-corrected chi connectivity index (χ1v) is 8.77. The van der Waals surface area contributed by atoms with Crippen molar-refractivity contribution in [3.63, 3.8) is 0 Å². The van der Waals surface area contributed by atoms with Gasteiger partial charge < -0.3 is 20.3 Å². The smallest absolute Gasteiger partial charge is 0.317 e. The highest BCUT2D eigenvalue weighted by molar-refractivity contribution is 5.83. The van der Waals surface area contributed by atoms with Crippen molar-refractivity contribution in [3.8, 4) is 5.75 Å². The lowest BCUT2D eigenvalue weighted by atomic mass is 9.92. The van der Waals surface area contributed by atoms with Crippen LogP contribution >= 0.6 is 0 Å². The van der Waals surface area contributed by atoms with Crippen molar-refractivity contribution in [2.75, 3.05) is 27.2 Å². The van der Waals surface area contributed by atoms with E-state index in [2.05, 4.69) is 10.6 Å². The number of ether oxygens (including phenoxy) is 1. The molecule has 138 valence electrons. The number of urea groups is 1. The summed E-state index contributed by atoms with van der Waals surface area (Å²) in [6.45, 7) is 4.69. The third-order valence-electron chi connectivity index (χ3n) is 4.81. The van der Waals surface area contributed by atoms with Crippen molar-refractivity contribution in [3.05, 3.63) is 29.8 Å². The molecule has 1 saturated heterocycles. The van der Waals surface area contributed by atoms with Gasteiger partial charge in [-0.05, 0) is 44.7 Å². The lowest BCUT2D eigenvalue weighted by Gasteiger charge is -2.28. The van der Waals surface area contributed by atoms with Crippen LogP contribution in [0.2, 0.25) is 0 Å². The van der Waals surface area contributed by atoms with Gasteiger partial charge in [0.2, 0.25) is 5.91 Å². The van der Waals surface area contributed by atoms with Crippen LogP contribution in [-0.4, -0.2) is 50.1 Å². The molecule has 1 atom stereocenters. The summed E-state index contributed by atoms with van der Waals surface area (Å²) in [4.78, 5) is 26.3. The summed E-state index contributed by atoms with van der Waals surface area (Å²) in [7, 11) is 3.27. The number of para-hydroxylation sites is 1. The van der Waals surface area contributed by atoms with E-state index >= 15 is 0 Å². The van der Waals surface area contributed by atoms with Crippen LogP contribution in [0.3, 0.4) is 0 Å². The van der Waals surface area contributed by atoms with Gasteiger partial charge in [-0.1, -0.05) is 18.2 Å². The zero-order chi connectivity index (χ0) is 18.4. The van der Waals surface area contributed by atoms with Crippen LogP contribution in [0.1, 0.15) is 32.3 Å². The Labute approximate surface area is 149 Å². The Balaban J connectivity index is 1.98. The number of carbonyl (C=O) groups excluding carboxylic acids is 2. The Kier molecular flexibility index (Phi) is 6.28. The molecule has 1 fully saturated rings. The molecule has 2 rings (SSSR count). The van der Waals surface area contributed by atoms with Crippen LogP contribution in [0.4, 0.5) is 4.79 Å². The summed E-state index contributed by atoms with van der Waals surface area (Å²) in [6.07, 6.45) is 2.74. The highest BCUT2D eigenvalue weighted by atomic mass is 16.5. The van der Waals surface area contributed by atoms with Gasteiger partial charge in [-0.3, -0.25) is 4.79 Å². The van der Waals surface area contributed by atoms with Crippen LogP contribution in [-0.2, 0) is 11.2 Å². The number of carbonyl (C=O) groups is 2. The van der Waals surface area contributed by atoms with E-state index in [1.54, 1.807) is 14.2 Å². The third kappa shape index (κ3) is 4.65. The summed E-state index contributed by atoms with van der Waals surface area (Å²) in [5.41, 5.74) is 0.475. The first-order valence-electron chi connectivity index (χ1n) is 8.77. The predicted molar refractivity (Wildman–Crippen MR) is 97.7 cm³/mol. The maximum atomic E-state index is 12.6. The molecule has 0 bridgehead atoms. The second kappa shape index (κ2) is 8.23. The van der Waals surface area contributed by atoms with E-state index in [-0.39, 0.29) is 18.0 Å². The highest BCUT2D eigenvalue weighted by Gasteiger charge is 2.32. The number of hydrogen-bond donors (Lipinski definition) is 2. The van der Waals surface area contributed by atoms with E-state index in [0.29, 0.717) is 6.54 Å². The molecule has 1 aromatic carbocycles. The number of amides is 3. The van der Waals surface area contributed by atoms with Crippen molar-refractivity contribution in [2.45, 2.75) is 39.2 Å². The fraction of sp³-hybridized carbons (Fsp3) is 0.579. The molecular formula is C19H29N3O3. The summed E-state index contributed by atoms with van der Waals surface area (Å²) in [5.74, 6) is 0.773. The van der Waals surface area contributed by atoms with Crippen LogP contribution in [0.15, 0.2) is 24.3 Å². The first-order chi connectivity index (χ1) is 11.9. The molecule has 1 heterocycles. The van der Waals surface area contributed by atoms with Crippen LogP contribution in [0.5, 0.6) is 5.75 Å². The van der Waals surface area contributed by atoms with Crippen molar-refractivity contribution < 1.29 is 14.3 Å². The highest BCUT2D eigenvalue weighted by Crippen LogP contribution is 2.26. The zero-order valence-electron chi connectivity index (χ0n) is 15.6. The van der Waals surface area contributed by atoms with E-state index in [0.717, 1.165) is 37.1 Å². The molecule has 0 aromatic heterocycles. The van der Waals surface area contributed by atoms with Gasteiger partial charge in [-0.25, -0.2) is 4.79 Å². The van der Waals surface area contributed by atoms with Crippen LogP contribution in [0, 0.1) is 5.41 Å². The van der Waals surface area contributed by atoms with Gasteiger partial charge in [0.15, 0.2) is 0 Å². The zero-order valence-corrected chi connectivity index (χ0v) is 15.6. The summed E-state index contributed by atoms with van der Waals surface area (Å²) in [5, 5.41) is 5.55. The first kappa shape index (κ1) is 19.1. The average molecular weight is 347 g/mol. The molecule has 0 saturated carbocycles. The molecule has 1 aliphatic heterocycles. The number of nitrogens with one attached hydrogen (secondary N) is 2. The lowest BCUT2D eigenvalue weighted by Crippen LogP contribution is -2.49. The second-order valence-corrected chi connectivity index (χ2v) is 7.13. The molecule has 0 radical (unpaired) electrons. The SMILES string of the molecule is CNC(=O)C(C)(C)CNC(=O)N1CCCC1Cc1ccccc1OC. The normalized spacial score (nSPS) is 17.3. The number of hydrogen-bond acceptors (Lipinski definition) is 3. The molecule has 2 N–H and O–H groups in total. The molecule has 0 spiro atoms. The predicted octanol–water partition coefficient (Wildman–Crippen LogP) is 2.18. The number of methoxy groups -OCH3 is 1. The monoisotopic (exact) mass is 347 g/mol. The number of nitrogens with zero attached hydrogens (tertiary/aromatic N) is 1. The number of benzene rings is 1. The van der Waals surface area contributed by atoms with Crippen molar-refractivity contribution in [1.82, 2.24) is 15.5 Å². The average Bonchev–Trinajstić information content (AvgIpc) is 3.07. The standard InChI is InChI=1S/C19H29N3O3/c1-19(2,17(23)20-3)13-21-18(24)22-11-7-9-15(22)12-14-8-5-6-10-16(14)25-4/h5-6,8,10,15H,7,9,11-13H2,1-4H3,(H,20,23)(H,21,24). The van der Waals surface area contributed by atoms with Crippen LogP contribution < -0.4 is 15.4 Å². The van der Waals surface area contributed by atoms with E-state index in [4.69, 9.17) is 4.74 Å². The molecule has 1 unspecified atom stereocenters. The van der Waals surface area contributed by atoms with Gasteiger partial charge in [-0.15, -0.1) is 0 Å². The lowest BCUT2D eigenvalue weighted by molar-refractivity contribution is -0.128. The van der Waals surface area contributed by atoms with E-state index < -0.39 is 5.41 Å². The van der Waals surface area contributed by atoms with Crippen molar-refractivity contribution in [1.29, 1.82) is 0 Å². The summed E-state index contributed by atoms with van der Waals surface area (Å²) < 4.78 is 5.42. The van der Waals surface area contributed by atoms with E-state index in [1.165, 1.54) is 0 Å². The quantitative estimate of drug-likeness (QED) is 0.829. The Morgan fingerprint density at radius 3 is 2.72 bits per heavy atom. The maximum Gasteiger partial charge on any atom is 0.317 e. The maximum absolute atomic E-state index is 12.6. The van der Waals surface area contributed by atoms with E-state index in [9.17, 15) is 9.59 Å². The number of likely N-dealkylation sites (tertiary alicyclic amines) is 1. The largest absolute Gasteiger partial charge is 0.496 e. The molecule has 25 heavy (non-hydrogen) atoms. The van der Waals surface area contributed by atoms with Gasteiger partial charge in [-0.2, -0.15) is 0 Å². The fourth-order valence-corrected chi connectivity index (χ4v) is 3.26. The molecule has 0 aliphatic carbocycles. The molecule has 6 nitrogen and oxygen atoms in total. The van der Waals surface area contributed by atoms with Gasteiger partial charge in [0.1, 0.15) is 5.75 Å². The van der Waals surface area contributed by atoms with Gasteiger partial charge in [0, 0.05) is 26.2 Å². The Hall–Kier alpha value is -2.24. The van der Waals surface area contributed by atoms with Crippen molar-refractivity contribution in [2.24, 2.45) is 5.41 Å². The fourth-order valence-electron chi connectivity index (χ4n) is 3.26. The molecule has 1 aromatic rings. The summed E-state index contributed by atoms with van der Waals surface area (Å²) in [6, 6.07) is 7.97. The topological polar surface area (TPSA) is 70.7 Å².